The summed E-state index contributed by atoms with van der Waals surface area (Å²) < 4.78 is 0. The van der Waals surface area contributed by atoms with E-state index < -0.39 is 0 Å². The molecule has 0 heterocycles. The van der Waals surface area contributed by atoms with E-state index in [4.69, 9.17) is 12.2 Å². The summed E-state index contributed by atoms with van der Waals surface area (Å²) in [6, 6.07) is 0.640. The summed E-state index contributed by atoms with van der Waals surface area (Å²) in [6.07, 6.45) is 5.61. The van der Waals surface area contributed by atoms with Gasteiger partial charge in [0.25, 0.3) is 0 Å². The molecule has 3 atom stereocenters. The highest BCUT2D eigenvalue weighted by Gasteiger charge is 2.39. The van der Waals surface area contributed by atoms with E-state index in [0.717, 1.165) is 30.0 Å². The zero-order valence-electron chi connectivity index (χ0n) is 12.9. The largest absolute Gasteiger partial charge is 0.362 e. The number of fused-ring (bicyclic) bond motifs is 2. The Morgan fingerprint density at radius 3 is 2.53 bits per heavy atom. The van der Waals surface area contributed by atoms with Gasteiger partial charge in [0.2, 0.25) is 0 Å². The van der Waals surface area contributed by atoms with Gasteiger partial charge < -0.3 is 15.5 Å². The van der Waals surface area contributed by atoms with Crippen molar-refractivity contribution in [2.24, 2.45) is 17.3 Å². The zero-order chi connectivity index (χ0) is 14.0. The lowest BCUT2D eigenvalue weighted by Crippen LogP contribution is -3.07. The van der Waals surface area contributed by atoms with Crippen LogP contribution in [0.1, 0.15) is 39.5 Å². The molecule has 0 unspecified atom stereocenters. The summed E-state index contributed by atoms with van der Waals surface area (Å²) >= 11 is 5.46. The van der Waals surface area contributed by atoms with Crippen molar-refractivity contribution in [2.45, 2.75) is 45.6 Å². The van der Waals surface area contributed by atoms with Crippen LogP contribution in [0.2, 0.25) is 0 Å². The van der Waals surface area contributed by atoms with Crippen molar-refractivity contribution in [1.82, 2.24) is 10.6 Å². The number of nitrogens with one attached hydrogen (secondary N) is 3. The number of hydrogen-bond donors (Lipinski definition) is 3. The van der Waals surface area contributed by atoms with Crippen molar-refractivity contribution in [3.63, 3.8) is 0 Å². The van der Waals surface area contributed by atoms with Gasteiger partial charge in [-0.05, 0) is 43.3 Å². The highest BCUT2D eigenvalue weighted by Crippen LogP contribution is 2.44. The quantitative estimate of drug-likeness (QED) is 0.653. The Morgan fingerprint density at radius 2 is 2.00 bits per heavy atom. The van der Waals surface area contributed by atoms with Crippen LogP contribution in [0.15, 0.2) is 0 Å². The molecule has 2 aliphatic carbocycles. The standard InChI is InChI=1S/C15H29N3S/c1-15(2,10-18(3)4)9-16-14(19)17-13-8-11-5-6-12(13)7-11/h11-13H,5-10H2,1-4H3,(H2,16,17,19)/p+1/t11-,12+,13+/m1/s1. The van der Waals surface area contributed by atoms with E-state index in [1.54, 1.807) is 0 Å². The maximum Gasteiger partial charge on any atom is 0.166 e. The topological polar surface area (TPSA) is 28.5 Å². The highest BCUT2D eigenvalue weighted by atomic mass is 32.1. The zero-order valence-corrected chi connectivity index (χ0v) is 13.7. The Hall–Kier alpha value is -0.350. The normalized spacial score (nSPS) is 29.8. The van der Waals surface area contributed by atoms with Crippen molar-refractivity contribution >= 4 is 17.3 Å². The van der Waals surface area contributed by atoms with E-state index in [1.165, 1.54) is 30.6 Å². The molecule has 0 aromatic heterocycles. The van der Waals surface area contributed by atoms with Gasteiger partial charge in [0.1, 0.15) is 0 Å². The van der Waals surface area contributed by atoms with Crippen LogP contribution in [-0.2, 0) is 0 Å². The fraction of sp³-hybridized carbons (Fsp3) is 0.933. The second kappa shape index (κ2) is 5.96. The molecule has 0 amide bonds. The van der Waals surface area contributed by atoms with Gasteiger partial charge in [-0.25, -0.2) is 0 Å². The van der Waals surface area contributed by atoms with Gasteiger partial charge in [0, 0.05) is 18.0 Å². The molecule has 2 rings (SSSR count). The first-order chi connectivity index (χ1) is 8.85. The molecule has 2 aliphatic rings. The number of quaternary nitrogens is 1. The third-order valence-corrected chi connectivity index (χ3v) is 4.88. The van der Waals surface area contributed by atoms with Crippen molar-refractivity contribution in [1.29, 1.82) is 0 Å². The molecule has 2 bridgehead atoms. The summed E-state index contributed by atoms with van der Waals surface area (Å²) in [5.41, 5.74) is 0.277. The maximum atomic E-state index is 5.46. The minimum Gasteiger partial charge on any atom is -0.362 e. The first kappa shape index (κ1) is 15.0. The summed E-state index contributed by atoms with van der Waals surface area (Å²) in [6.45, 7) is 6.70. The third kappa shape index (κ3) is 4.32. The average molecular weight is 284 g/mol. The molecular formula is C15H30N3S+. The van der Waals surface area contributed by atoms with Gasteiger partial charge in [0.15, 0.2) is 5.11 Å². The van der Waals surface area contributed by atoms with Crippen LogP contribution in [0, 0.1) is 17.3 Å². The molecule has 0 radical (unpaired) electrons. The van der Waals surface area contributed by atoms with Gasteiger partial charge in [-0.1, -0.05) is 20.3 Å². The molecule has 3 nitrogen and oxygen atoms in total. The van der Waals surface area contributed by atoms with Gasteiger partial charge in [0.05, 0.1) is 20.6 Å². The molecule has 110 valence electrons. The third-order valence-electron chi connectivity index (χ3n) is 4.61. The van der Waals surface area contributed by atoms with Crippen molar-refractivity contribution in [3.8, 4) is 0 Å². The van der Waals surface area contributed by atoms with Crippen molar-refractivity contribution in [2.75, 3.05) is 27.2 Å². The fourth-order valence-corrected chi connectivity index (χ4v) is 4.20. The Labute approximate surface area is 123 Å². The van der Waals surface area contributed by atoms with E-state index in [0.29, 0.717) is 6.04 Å². The highest BCUT2D eigenvalue weighted by molar-refractivity contribution is 7.80. The summed E-state index contributed by atoms with van der Waals surface area (Å²) in [5, 5.41) is 7.83. The Morgan fingerprint density at radius 1 is 1.26 bits per heavy atom. The second-order valence-electron chi connectivity index (χ2n) is 7.66. The van der Waals surface area contributed by atoms with Gasteiger partial charge in [-0.15, -0.1) is 0 Å². The summed E-state index contributed by atoms with van der Waals surface area (Å²) in [7, 11) is 4.40. The van der Waals surface area contributed by atoms with E-state index in [-0.39, 0.29) is 5.41 Å². The smallest absolute Gasteiger partial charge is 0.166 e. The molecule has 3 N–H and O–H groups in total. The molecule has 0 aromatic rings. The SMILES string of the molecule is C[NH+](C)CC(C)(C)CNC(=S)N[C@H]1C[C@@H]2CC[C@H]1C2. The molecule has 0 spiro atoms. The first-order valence-corrected chi connectivity index (χ1v) is 8.10. The molecular weight excluding hydrogens is 254 g/mol. The minimum atomic E-state index is 0.277. The monoisotopic (exact) mass is 284 g/mol. The lowest BCUT2D eigenvalue weighted by Gasteiger charge is -2.29. The van der Waals surface area contributed by atoms with Crippen LogP contribution in [0.5, 0.6) is 0 Å². The molecule has 0 aliphatic heterocycles. The molecule has 4 heteroatoms. The minimum absolute atomic E-state index is 0.277. The Kier molecular flexibility index (Phi) is 4.72. The average Bonchev–Trinajstić information content (AvgIpc) is 2.86. The molecule has 0 saturated heterocycles. The van der Waals surface area contributed by atoms with Gasteiger partial charge >= 0.3 is 0 Å². The second-order valence-corrected chi connectivity index (χ2v) is 8.06. The van der Waals surface area contributed by atoms with Crippen molar-refractivity contribution < 1.29 is 4.90 Å². The summed E-state index contributed by atoms with van der Waals surface area (Å²) in [5.74, 6) is 1.85. The first-order valence-electron chi connectivity index (χ1n) is 7.69. The predicted molar refractivity (Wildman–Crippen MR) is 84.4 cm³/mol. The van der Waals surface area contributed by atoms with Crippen LogP contribution < -0.4 is 15.5 Å². The van der Waals surface area contributed by atoms with Crippen molar-refractivity contribution in [3.05, 3.63) is 0 Å². The maximum absolute atomic E-state index is 5.46. The van der Waals surface area contributed by atoms with Crippen LogP contribution in [0.3, 0.4) is 0 Å². The van der Waals surface area contributed by atoms with Gasteiger partial charge in [-0.2, -0.15) is 0 Å². The van der Waals surface area contributed by atoms with Crippen LogP contribution in [-0.4, -0.2) is 38.3 Å². The predicted octanol–water partition coefficient (Wildman–Crippen LogP) is 0.810. The Balaban J connectivity index is 1.70. The lowest BCUT2D eigenvalue weighted by molar-refractivity contribution is -0.865. The van der Waals surface area contributed by atoms with Crippen LogP contribution in [0.25, 0.3) is 0 Å². The molecule has 2 fully saturated rings. The summed E-state index contributed by atoms with van der Waals surface area (Å²) in [4.78, 5) is 1.48. The van der Waals surface area contributed by atoms with E-state index in [2.05, 4.69) is 38.6 Å². The van der Waals surface area contributed by atoms with E-state index in [1.807, 2.05) is 0 Å². The fourth-order valence-electron chi connectivity index (χ4n) is 3.98. The lowest BCUT2D eigenvalue weighted by atomic mass is 9.93. The number of rotatable bonds is 5. The number of hydrogen-bond acceptors (Lipinski definition) is 1. The number of thiocarbonyl (C=S) groups is 1. The Bertz CT molecular complexity index is 327. The van der Waals surface area contributed by atoms with E-state index >= 15 is 0 Å². The van der Waals surface area contributed by atoms with Crippen LogP contribution >= 0.6 is 12.2 Å². The van der Waals surface area contributed by atoms with E-state index in [9.17, 15) is 0 Å². The van der Waals surface area contributed by atoms with Crippen LogP contribution in [0.4, 0.5) is 0 Å². The molecule has 0 aromatic carbocycles. The van der Waals surface area contributed by atoms with Gasteiger partial charge in [-0.3, -0.25) is 0 Å². The molecule has 2 saturated carbocycles. The molecule has 19 heavy (non-hydrogen) atoms.